The first-order chi connectivity index (χ1) is 13.9. The lowest BCUT2D eigenvalue weighted by Gasteiger charge is -2.08. The summed E-state index contributed by atoms with van der Waals surface area (Å²) in [6.07, 6.45) is 0. The van der Waals surface area contributed by atoms with Crippen molar-refractivity contribution in [1.29, 1.82) is 0 Å². The average molecular weight is 443 g/mol. The SMILES string of the molecule is O=C(NCc1ccc2ncsc2c1)c1ccc(S(=O)(=O)c2cccc(Cl)c2)cc1. The zero-order chi connectivity index (χ0) is 20.4. The highest BCUT2D eigenvalue weighted by Gasteiger charge is 2.18. The Kier molecular flexibility index (Phi) is 5.36. The first-order valence-corrected chi connectivity index (χ1v) is 11.4. The van der Waals surface area contributed by atoms with E-state index in [-0.39, 0.29) is 15.7 Å². The van der Waals surface area contributed by atoms with E-state index >= 15 is 0 Å². The number of carbonyl (C=O) groups is 1. The Morgan fingerprint density at radius 1 is 1.00 bits per heavy atom. The Morgan fingerprint density at radius 3 is 2.55 bits per heavy atom. The minimum atomic E-state index is -3.70. The van der Waals surface area contributed by atoms with E-state index in [4.69, 9.17) is 11.6 Å². The monoisotopic (exact) mass is 442 g/mol. The smallest absolute Gasteiger partial charge is 0.251 e. The molecule has 0 spiro atoms. The highest BCUT2D eigenvalue weighted by Crippen LogP contribution is 2.24. The van der Waals surface area contributed by atoms with Crippen LogP contribution in [-0.4, -0.2) is 19.3 Å². The van der Waals surface area contributed by atoms with Crippen molar-refractivity contribution >= 4 is 48.9 Å². The number of halogens is 1. The highest BCUT2D eigenvalue weighted by atomic mass is 35.5. The van der Waals surface area contributed by atoms with E-state index in [1.54, 1.807) is 29.0 Å². The number of fused-ring (bicyclic) bond motifs is 1. The van der Waals surface area contributed by atoms with E-state index in [9.17, 15) is 13.2 Å². The molecule has 0 aliphatic heterocycles. The summed E-state index contributed by atoms with van der Waals surface area (Å²) in [5.41, 5.74) is 4.07. The summed E-state index contributed by atoms with van der Waals surface area (Å²) in [5.74, 6) is -0.277. The van der Waals surface area contributed by atoms with Crippen LogP contribution < -0.4 is 5.32 Å². The van der Waals surface area contributed by atoms with Crippen LogP contribution >= 0.6 is 22.9 Å². The van der Waals surface area contributed by atoms with Gasteiger partial charge in [-0.15, -0.1) is 11.3 Å². The second-order valence-corrected chi connectivity index (χ2v) is 9.59. The standard InChI is InChI=1S/C21H15ClN2O3S2/c22-16-2-1-3-18(11-16)29(26,27)17-7-5-15(6-8-17)21(25)23-12-14-4-9-19-20(10-14)28-13-24-19/h1-11,13H,12H2,(H,23,25). The molecule has 0 atom stereocenters. The Hall–Kier alpha value is -2.74. The summed E-state index contributed by atoms with van der Waals surface area (Å²) in [6, 6.07) is 17.8. The quantitative estimate of drug-likeness (QED) is 0.485. The van der Waals surface area contributed by atoms with E-state index in [0.717, 1.165) is 15.8 Å². The van der Waals surface area contributed by atoms with Crippen molar-refractivity contribution in [3.8, 4) is 0 Å². The third-order valence-electron chi connectivity index (χ3n) is 4.38. The molecule has 1 aromatic heterocycles. The highest BCUT2D eigenvalue weighted by molar-refractivity contribution is 7.91. The number of nitrogens with zero attached hydrogens (tertiary/aromatic N) is 1. The van der Waals surface area contributed by atoms with Gasteiger partial charge in [0.05, 0.1) is 25.5 Å². The van der Waals surface area contributed by atoms with Crippen molar-refractivity contribution in [2.75, 3.05) is 0 Å². The van der Waals surface area contributed by atoms with Crippen molar-refractivity contribution in [2.45, 2.75) is 16.3 Å². The summed E-state index contributed by atoms with van der Waals surface area (Å²) < 4.78 is 26.5. The van der Waals surface area contributed by atoms with E-state index in [2.05, 4.69) is 10.3 Å². The van der Waals surface area contributed by atoms with Gasteiger partial charge in [-0.2, -0.15) is 0 Å². The molecule has 1 amide bonds. The number of thiazole rings is 1. The summed E-state index contributed by atoms with van der Waals surface area (Å²) >= 11 is 7.44. The van der Waals surface area contributed by atoms with Crippen LogP contribution in [0.4, 0.5) is 0 Å². The number of aromatic nitrogens is 1. The summed E-state index contributed by atoms with van der Waals surface area (Å²) in [5, 5.41) is 3.19. The Morgan fingerprint density at radius 2 is 1.79 bits per heavy atom. The van der Waals surface area contributed by atoms with Crippen LogP contribution in [0.25, 0.3) is 10.2 Å². The van der Waals surface area contributed by atoms with Gasteiger partial charge in [-0.1, -0.05) is 23.7 Å². The largest absolute Gasteiger partial charge is 0.348 e. The third kappa shape index (κ3) is 4.17. The lowest BCUT2D eigenvalue weighted by Crippen LogP contribution is -2.22. The number of sulfone groups is 1. The van der Waals surface area contributed by atoms with Crippen LogP contribution in [0.2, 0.25) is 5.02 Å². The van der Waals surface area contributed by atoms with Crippen molar-refractivity contribution in [3.05, 3.63) is 88.4 Å². The number of hydrogen-bond acceptors (Lipinski definition) is 5. The molecule has 0 radical (unpaired) electrons. The van der Waals surface area contributed by atoms with Crippen LogP contribution in [-0.2, 0) is 16.4 Å². The van der Waals surface area contributed by atoms with Gasteiger partial charge in [-0.3, -0.25) is 4.79 Å². The first kappa shape index (κ1) is 19.6. The van der Waals surface area contributed by atoms with Gasteiger partial charge in [-0.25, -0.2) is 13.4 Å². The number of nitrogens with one attached hydrogen (secondary N) is 1. The van der Waals surface area contributed by atoms with Gasteiger partial charge >= 0.3 is 0 Å². The van der Waals surface area contributed by atoms with Gasteiger partial charge in [0.2, 0.25) is 9.84 Å². The fourth-order valence-electron chi connectivity index (χ4n) is 2.85. The minimum absolute atomic E-state index is 0.104. The molecule has 0 saturated heterocycles. The summed E-state index contributed by atoms with van der Waals surface area (Å²) in [7, 11) is -3.70. The summed E-state index contributed by atoms with van der Waals surface area (Å²) in [4.78, 5) is 16.9. The maximum absolute atomic E-state index is 12.7. The van der Waals surface area contributed by atoms with Crippen LogP contribution in [0, 0.1) is 0 Å². The van der Waals surface area contributed by atoms with Crippen molar-refractivity contribution in [2.24, 2.45) is 0 Å². The van der Waals surface area contributed by atoms with Crippen LogP contribution in [0.1, 0.15) is 15.9 Å². The minimum Gasteiger partial charge on any atom is -0.348 e. The van der Waals surface area contributed by atoms with Crippen LogP contribution in [0.15, 0.2) is 82.0 Å². The van der Waals surface area contributed by atoms with Gasteiger partial charge in [0.15, 0.2) is 0 Å². The number of rotatable bonds is 5. The first-order valence-electron chi connectivity index (χ1n) is 8.64. The Bertz CT molecular complexity index is 1300. The lowest BCUT2D eigenvalue weighted by molar-refractivity contribution is 0.0951. The van der Waals surface area contributed by atoms with Crippen LogP contribution in [0.3, 0.4) is 0 Å². The number of amides is 1. The van der Waals surface area contributed by atoms with Crippen molar-refractivity contribution < 1.29 is 13.2 Å². The fraction of sp³-hybridized carbons (Fsp3) is 0.0476. The molecular weight excluding hydrogens is 428 g/mol. The van der Waals surface area contributed by atoms with Gasteiger partial charge in [-0.05, 0) is 60.2 Å². The number of benzene rings is 3. The third-order valence-corrected chi connectivity index (χ3v) is 7.18. The zero-order valence-electron chi connectivity index (χ0n) is 15.0. The molecule has 8 heteroatoms. The normalized spacial score (nSPS) is 11.5. The molecule has 1 N–H and O–H groups in total. The van der Waals surface area contributed by atoms with Gasteiger partial charge in [0, 0.05) is 17.1 Å². The molecule has 1 heterocycles. The fourth-order valence-corrected chi connectivity index (χ4v) is 5.15. The van der Waals surface area contributed by atoms with Gasteiger partial charge in [0.1, 0.15) is 0 Å². The molecule has 0 fully saturated rings. The second kappa shape index (κ2) is 7.94. The zero-order valence-corrected chi connectivity index (χ0v) is 17.4. The maximum atomic E-state index is 12.7. The van der Waals surface area contributed by atoms with E-state index in [0.29, 0.717) is 17.1 Å². The van der Waals surface area contributed by atoms with E-state index < -0.39 is 9.84 Å². The van der Waals surface area contributed by atoms with Gasteiger partial charge in [0.25, 0.3) is 5.91 Å². The second-order valence-electron chi connectivity index (χ2n) is 6.32. The lowest BCUT2D eigenvalue weighted by atomic mass is 10.2. The molecule has 0 aliphatic rings. The van der Waals surface area contributed by atoms with Crippen LogP contribution in [0.5, 0.6) is 0 Å². The molecule has 0 unspecified atom stereocenters. The number of carbonyl (C=O) groups excluding carboxylic acids is 1. The molecule has 3 aromatic carbocycles. The van der Waals surface area contributed by atoms with Crippen molar-refractivity contribution in [3.63, 3.8) is 0 Å². The maximum Gasteiger partial charge on any atom is 0.251 e. The van der Waals surface area contributed by atoms with Crippen molar-refractivity contribution in [1.82, 2.24) is 10.3 Å². The topological polar surface area (TPSA) is 76.1 Å². The Balaban J connectivity index is 1.47. The molecule has 4 aromatic rings. The average Bonchev–Trinajstić information content (AvgIpc) is 3.20. The molecular formula is C21H15ClN2O3S2. The molecule has 0 aliphatic carbocycles. The molecule has 0 bridgehead atoms. The Labute approximate surface area is 176 Å². The molecule has 4 rings (SSSR count). The predicted molar refractivity (Wildman–Crippen MR) is 114 cm³/mol. The van der Waals surface area contributed by atoms with Gasteiger partial charge < -0.3 is 5.32 Å². The van der Waals surface area contributed by atoms with E-state index in [1.165, 1.54) is 36.4 Å². The molecule has 29 heavy (non-hydrogen) atoms. The molecule has 146 valence electrons. The number of hydrogen-bond donors (Lipinski definition) is 1. The molecule has 0 saturated carbocycles. The predicted octanol–water partition coefficient (Wildman–Crippen LogP) is 4.71. The molecule has 5 nitrogen and oxygen atoms in total. The van der Waals surface area contributed by atoms with E-state index in [1.807, 2.05) is 18.2 Å². The summed E-state index contributed by atoms with van der Waals surface area (Å²) in [6.45, 7) is 0.370.